The molecule has 1 saturated carbocycles. The number of fused-ring (bicyclic) bond motifs is 1. The van der Waals surface area contributed by atoms with Crippen LogP contribution in [-0.2, 0) is 19.1 Å². The third kappa shape index (κ3) is 2.76. The molecule has 0 aromatic heterocycles. The van der Waals surface area contributed by atoms with Crippen LogP contribution in [-0.4, -0.2) is 35.3 Å². The Labute approximate surface area is 119 Å². The second kappa shape index (κ2) is 5.77. The van der Waals surface area contributed by atoms with Gasteiger partial charge in [-0.25, -0.2) is 4.79 Å². The zero-order valence-corrected chi connectivity index (χ0v) is 12.1. The summed E-state index contributed by atoms with van der Waals surface area (Å²) in [5.41, 5.74) is 0.310. The molecule has 3 atom stereocenters. The molecule has 2 aliphatic rings. The number of hydrogen-bond acceptors (Lipinski definition) is 4. The number of imide groups is 1. The van der Waals surface area contributed by atoms with Gasteiger partial charge in [0, 0.05) is 5.57 Å². The van der Waals surface area contributed by atoms with E-state index >= 15 is 0 Å². The van der Waals surface area contributed by atoms with Crippen molar-refractivity contribution >= 4 is 17.8 Å². The quantitative estimate of drug-likeness (QED) is 0.446. The first-order valence-electron chi connectivity index (χ1n) is 7.13. The van der Waals surface area contributed by atoms with Crippen molar-refractivity contribution in [3.05, 3.63) is 12.2 Å². The molecule has 0 aromatic rings. The summed E-state index contributed by atoms with van der Waals surface area (Å²) < 4.78 is 5.14. The Morgan fingerprint density at radius 1 is 1.30 bits per heavy atom. The maximum Gasteiger partial charge on any atom is 0.333 e. The van der Waals surface area contributed by atoms with Gasteiger partial charge in [0.25, 0.3) is 0 Å². The van der Waals surface area contributed by atoms with Crippen LogP contribution in [0.15, 0.2) is 12.2 Å². The van der Waals surface area contributed by atoms with E-state index in [1.807, 2.05) is 0 Å². The molecule has 1 heterocycles. The zero-order valence-electron chi connectivity index (χ0n) is 12.1. The molecule has 0 N–H and O–H groups in total. The van der Waals surface area contributed by atoms with Crippen molar-refractivity contribution in [3.8, 4) is 0 Å². The van der Waals surface area contributed by atoms with E-state index in [0.717, 1.165) is 25.7 Å². The number of carbonyl (C=O) groups excluding carboxylic acids is 3. The first-order valence-corrected chi connectivity index (χ1v) is 7.13. The molecule has 2 rings (SSSR count). The monoisotopic (exact) mass is 279 g/mol. The Balaban J connectivity index is 1.98. The maximum absolute atomic E-state index is 12.3. The minimum absolute atomic E-state index is 0.0991. The van der Waals surface area contributed by atoms with Crippen LogP contribution in [0.2, 0.25) is 0 Å². The van der Waals surface area contributed by atoms with E-state index in [2.05, 4.69) is 6.58 Å². The first-order chi connectivity index (χ1) is 9.41. The van der Waals surface area contributed by atoms with E-state index in [4.69, 9.17) is 4.74 Å². The molecule has 5 heteroatoms. The van der Waals surface area contributed by atoms with Crippen molar-refractivity contribution in [1.29, 1.82) is 0 Å². The molecule has 3 unspecified atom stereocenters. The highest BCUT2D eigenvalue weighted by molar-refractivity contribution is 6.05. The molecule has 0 spiro atoms. The minimum atomic E-state index is -0.507. The Hall–Kier alpha value is -1.65. The summed E-state index contributed by atoms with van der Waals surface area (Å²) in [4.78, 5) is 37.2. The third-order valence-electron chi connectivity index (χ3n) is 4.03. The fraction of sp³-hybridized carbons (Fsp3) is 0.667. The van der Waals surface area contributed by atoms with Gasteiger partial charge >= 0.3 is 5.97 Å². The van der Waals surface area contributed by atoms with Gasteiger partial charge in [0.2, 0.25) is 11.8 Å². The zero-order chi connectivity index (χ0) is 14.9. The number of ether oxygens (including phenoxy) is 1. The van der Waals surface area contributed by atoms with Crippen molar-refractivity contribution in [2.75, 3.05) is 6.54 Å². The normalized spacial score (nSPS) is 27.2. The molecule has 0 radical (unpaired) electrons. The van der Waals surface area contributed by atoms with E-state index in [9.17, 15) is 14.4 Å². The second-order valence-electron chi connectivity index (χ2n) is 5.78. The van der Waals surface area contributed by atoms with Gasteiger partial charge in [-0.05, 0) is 26.7 Å². The van der Waals surface area contributed by atoms with Crippen LogP contribution in [0, 0.1) is 11.8 Å². The van der Waals surface area contributed by atoms with Crippen molar-refractivity contribution in [1.82, 2.24) is 4.90 Å². The predicted molar refractivity (Wildman–Crippen MR) is 72.5 cm³/mol. The van der Waals surface area contributed by atoms with Crippen LogP contribution in [0.25, 0.3) is 0 Å². The molecule has 0 bridgehead atoms. The average Bonchev–Trinajstić information content (AvgIpc) is 2.64. The molecule has 1 aliphatic heterocycles. The molecule has 2 amide bonds. The Bertz CT molecular complexity index is 433. The molecular weight excluding hydrogens is 258 g/mol. The smallest absolute Gasteiger partial charge is 0.333 e. The van der Waals surface area contributed by atoms with E-state index in [0.29, 0.717) is 5.57 Å². The van der Waals surface area contributed by atoms with Crippen molar-refractivity contribution in [3.63, 3.8) is 0 Å². The van der Waals surface area contributed by atoms with Gasteiger partial charge in [-0.1, -0.05) is 19.4 Å². The van der Waals surface area contributed by atoms with Crippen LogP contribution >= 0.6 is 0 Å². The molecule has 0 aromatic carbocycles. The summed E-state index contributed by atoms with van der Waals surface area (Å²) in [6.07, 6.45) is 3.10. The molecular formula is C15H21NO4. The fourth-order valence-electron chi connectivity index (χ4n) is 2.99. The Kier molecular flexibility index (Phi) is 4.26. The van der Waals surface area contributed by atoms with Gasteiger partial charge in [-0.3, -0.25) is 14.5 Å². The average molecular weight is 279 g/mol. The Morgan fingerprint density at radius 3 is 2.25 bits per heavy atom. The highest BCUT2D eigenvalue weighted by atomic mass is 16.5. The Morgan fingerprint density at radius 2 is 1.80 bits per heavy atom. The lowest BCUT2D eigenvalue weighted by Gasteiger charge is -2.20. The van der Waals surface area contributed by atoms with Gasteiger partial charge < -0.3 is 4.74 Å². The highest BCUT2D eigenvalue weighted by Crippen LogP contribution is 2.38. The number of amides is 2. The largest absolute Gasteiger partial charge is 0.457 e. The lowest BCUT2D eigenvalue weighted by atomic mass is 9.81. The number of hydrogen-bond donors (Lipinski definition) is 0. The van der Waals surface area contributed by atoms with Gasteiger partial charge in [-0.2, -0.15) is 0 Å². The van der Waals surface area contributed by atoms with E-state index < -0.39 is 12.1 Å². The molecule has 2 fully saturated rings. The third-order valence-corrected chi connectivity index (χ3v) is 4.03. The summed E-state index contributed by atoms with van der Waals surface area (Å²) in [6.45, 7) is 6.90. The van der Waals surface area contributed by atoms with E-state index in [-0.39, 0.29) is 30.2 Å². The number of likely N-dealkylation sites (tertiary alicyclic amines) is 1. The molecule has 1 aliphatic carbocycles. The standard InChI is InChI=1S/C15H21NO4/c1-9(2)15(19)20-10(3)8-16-13(17)11-6-4-5-7-12(11)14(16)18/h10-12H,1,4-8H2,2-3H3. The fourth-order valence-corrected chi connectivity index (χ4v) is 2.99. The number of carbonyl (C=O) groups is 3. The molecule has 20 heavy (non-hydrogen) atoms. The minimum Gasteiger partial charge on any atom is -0.457 e. The van der Waals surface area contributed by atoms with Gasteiger partial charge in [0.15, 0.2) is 0 Å². The first kappa shape index (κ1) is 14.8. The summed E-state index contributed by atoms with van der Waals surface area (Å²) >= 11 is 0. The van der Waals surface area contributed by atoms with Crippen LogP contribution in [0.4, 0.5) is 0 Å². The van der Waals surface area contributed by atoms with E-state index in [1.165, 1.54) is 4.90 Å². The lowest BCUT2D eigenvalue weighted by Crippen LogP contribution is -2.38. The summed E-state index contributed by atoms with van der Waals surface area (Å²) in [5.74, 6) is -0.995. The van der Waals surface area contributed by atoms with Gasteiger partial charge in [0.05, 0.1) is 18.4 Å². The topological polar surface area (TPSA) is 63.7 Å². The van der Waals surface area contributed by atoms with Gasteiger partial charge in [0.1, 0.15) is 6.10 Å². The van der Waals surface area contributed by atoms with Crippen molar-refractivity contribution < 1.29 is 19.1 Å². The second-order valence-corrected chi connectivity index (χ2v) is 5.78. The molecule has 1 saturated heterocycles. The number of esters is 1. The van der Waals surface area contributed by atoms with Crippen LogP contribution in [0.5, 0.6) is 0 Å². The lowest BCUT2D eigenvalue weighted by molar-refractivity contribution is -0.150. The SMILES string of the molecule is C=C(C)C(=O)OC(C)CN1C(=O)C2CCCCC2C1=O. The summed E-state index contributed by atoms with van der Waals surface area (Å²) in [6, 6.07) is 0. The highest BCUT2D eigenvalue weighted by Gasteiger charge is 2.48. The van der Waals surface area contributed by atoms with Crippen LogP contribution in [0.1, 0.15) is 39.5 Å². The van der Waals surface area contributed by atoms with Crippen LogP contribution in [0.3, 0.4) is 0 Å². The van der Waals surface area contributed by atoms with Crippen LogP contribution < -0.4 is 0 Å². The van der Waals surface area contributed by atoms with E-state index in [1.54, 1.807) is 13.8 Å². The summed E-state index contributed by atoms with van der Waals surface area (Å²) in [7, 11) is 0. The maximum atomic E-state index is 12.3. The number of rotatable bonds is 4. The predicted octanol–water partition coefficient (Wildman–Crippen LogP) is 1.67. The number of nitrogens with zero attached hydrogens (tertiary/aromatic N) is 1. The van der Waals surface area contributed by atoms with Crippen molar-refractivity contribution in [2.24, 2.45) is 11.8 Å². The van der Waals surface area contributed by atoms with Crippen molar-refractivity contribution in [2.45, 2.75) is 45.6 Å². The molecule has 5 nitrogen and oxygen atoms in total. The summed E-state index contributed by atoms with van der Waals surface area (Å²) in [5, 5.41) is 0. The molecule has 110 valence electrons. The van der Waals surface area contributed by atoms with Gasteiger partial charge in [-0.15, -0.1) is 0 Å².